The van der Waals surface area contributed by atoms with Crippen LogP contribution in [-0.4, -0.2) is 32.4 Å². The molecule has 2 aliphatic rings. The Morgan fingerprint density at radius 3 is 2.46 bits per heavy atom. The minimum Gasteiger partial charge on any atom is -0.412 e. The first kappa shape index (κ1) is 22.1. The molecule has 0 unspecified atom stereocenters. The Kier molecular flexibility index (Phi) is 6.84. The van der Waals surface area contributed by atoms with E-state index in [9.17, 15) is 4.79 Å². The Labute approximate surface area is 162 Å². The SMILES string of the molecule is CC(C)(CCCO[C@@H]1CC[C@]2(CCCC(=O)C2)C1)O[Si](C)(C)C(C)(C)C. The summed E-state index contributed by atoms with van der Waals surface area (Å²) in [6, 6.07) is 0. The lowest BCUT2D eigenvalue weighted by atomic mass is 9.72. The van der Waals surface area contributed by atoms with Crippen LogP contribution in [0.15, 0.2) is 0 Å². The Morgan fingerprint density at radius 1 is 1.15 bits per heavy atom. The normalized spacial score (nSPS) is 28.1. The molecule has 152 valence electrons. The fourth-order valence-electron chi connectivity index (χ4n) is 4.58. The number of ketones is 1. The first-order valence-corrected chi connectivity index (χ1v) is 13.6. The topological polar surface area (TPSA) is 35.5 Å². The lowest BCUT2D eigenvalue weighted by Gasteiger charge is -2.43. The van der Waals surface area contributed by atoms with E-state index in [4.69, 9.17) is 9.16 Å². The zero-order valence-electron chi connectivity index (χ0n) is 18.4. The maximum absolute atomic E-state index is 11.8. The fraction of sp³-hybridized carbons (Fsp3) is 0.955. The van der Waals surface area contributed by atoms with Crippen LogP contribution in [-0.2, 0) is 14.0 Å². The maximum atomic E-state index is 11.8. The van der Waals surface area contributed by atoms with Crippen LogP contribution in [0, 0.1) is 5.41 Å². The van der Waals surface area contributed by atoms with Gasteiger partial charge in [0.15, 0.2) is 8.32 Å². The van der Waals surface area contributed by atoms with Gasteiger partial charge in [0.2, 0.25) is 0 Å². The van der Waals surface area contributed by atoms with Gasteiger partial charge in [-0.1, -0.05) is 20.8 Å². The molecule has 4 heteroatoms. The highest BCUT2D eigenvalue weighted by Crippen LogP contribution is 2.49. The molecule has 2 fully saturated rings. The van der Waals surface area contributed by atoms with Crippen molar-refractivity contribution in [2.24, 2.45) is 5.41 Å². The van der Waals surface area contributed by atoms with E-state index in [1.165, 1.54) is 12.8 Å². The fourth-order valence-corrected chi connectivity index (χ4v) is 6.37. The van der Waals surface area contributed by atoms with Crippen molar-refractivity contribution in [1.82, 2.24) is 0 Å². The number of hydrogen-bond acceptors (Lipinski definition) is 3. The van der Waals surface area contributed by atoms with Crippen molar-refractivity contribution in [3.8, 4) is 0 Å². The molecule has 0 aromatic heterocycles. The Balaban J connectivity index is 1.71. The van der Waals surface area contributed by atoms with Crippen LogP contribution in [0.25, 0.3) is 0 Å². The average molecular weight is 383 g/mol. The number of carbonyl (C=O) groups excluding carboxylic acids is 1. The zero-order chi connectivity index (χ0) is 19.6. The van der Waals surface area contributed by atoms with Gasteiger partial charge in [0.1, 0.15) is 5.78 Å². The van der Waals surface area contributed by atoms with Gasteiger partial charge in [0.05, 0.1) is 11.7 Å². The molecule has 0 amide bonds. The van der Waals surface area contributed by atoms with E-state index in [-0.39, 0.29) is 16.1 Å². The van der Waals surface area contributed by atoms with Crippen molar-refractivity contribution in [2.45, 2.75) is 122 Å². The molecule has 0 aromatic rings. The van der Waals surface area contributed by atoms with Gasteiger partial charge in [-0.25, -0.2) is 0 Å². The lowest BCUT2D eigenvalue weighted by molar-refractivity contribution is -0.123. The average Bonchev–Trinajstić information content (AvgIpc) is 2.83. The smallest absolute Gasteiger partial charge is 0.192 e. The second-order valence-electron chi connectivity index (χ2n) is 11.0. The molecule has 2 aliphatic carbocycles. The van der Waals surface area contributed by atoms with Gasteiger partial charge >= 0.3 is 0 Å². The molecule has 0 bridgehead atoms. The van der Waals surface area contributed by atoms with Crippen molar-refractivity contribution in [3.05, 3.63) is 0 Å². The summed E-state index contributed by atoms with van der Waals surface area (Å²) < 4.78 is 12.8. The summed E-state index contributed by atoms with van der Waals surface area (Å²) in [5.74, 6) is 0.474. The molecule has 0 N–H and O–H groups in total. The highest BCUT2D eigenvalue weighted by Gasteiger charge is 2.43. The molecule has 1 spiro atoms. The molecule has 26 heavy (non-hydrogen) atoms. The Hall–Kier alpha value is -0.193. The molecular weight excluding hydrogens is 340 g/mol. The van der Waals surface area contributed by atoms with Crippen LogP contribution in [0.1, 0.15) is 92.4 Å². The van der Waals surface area contributed by atoms with Crippen LogP contribution in [0.3, 0.4) is 0 Å². The predicted molar refractivity (Wildman–Crippen MR) is 111 cm³/mol. The van der Waals surface area contributed by atoms with Gasteiger partial charge in [0, 0.05) is 19.4 Å². The summed E-state index contributed by atoms with van der Waals surface area (Å²) >= 11 is 0. The maximum Gasteiger partial charge on any atom is 0.192 e. The minimum absolute atomic E-state index is 0.0843. The van der Waals surface area contributed by atoms with Crippen LogP contribution in [0.4, 0.5) is 0 Å². The highest BCUT2D eigenvalue weighted by molar-refractivity contribution is 6.74. The molecule has 0 aromatic carbocycles. The summed E-state index contributed by atoms with van der Waals surface area (Å²) in [7, 11) is -1.73. The van der Waals surface area contributed by atoms with Crippen molar-refractivity contribution >= 4 is 14.1 Å². The van der Waals surface area contributed by atoms with Crippen LogP contribution in [0.2, 0.25) is 18.1 Å². The second-order valence-corrected chi connectivity index (χ2v) is 15.8. The number of ether oxygens (including phenoxy) is 1. The quantitative estimate of drug-likeness (QED) is 0.385. The monoisotopic (exact) mass is 382 g/mol. The summed E-state index contributed by atoms with van der Waals surface area (Å²) in [5.41, 5.74) is 0.198. The molecule has 2 atom stereocenters. The van der Waals surface area contributed by atoms with Crippen molar-refractivity contribution < 1.29 is 14.0 Å². The van der Waals surface area contributed by atoms with Crippen molar-refractivity contribution in [1.29, 1.82) is 0 Å². The van der Waals surface area contributed by atoms with E-state index in [0.717, 1.165) is 51.6 Å². The predicted octanol–water partition coefficient (Wildman–Crippen LogP) is 6.27. The largest absolute Gasteiger partial charge is 0.412 e. The van der Waals surface area contributed by atoms with E-state index in [1.807, 2.05) is 0 Å². The summed E-state index contributed by atoms with van der Waals surface area (Å²) in [5, 5.41) is 0.246. The van der Waals surface area contributed by atoms with Gasteiger partial charge in [-0.05, 0) is 82.3 Å². The summed E-state index contributed by atoms with van der Waals surface area (Å²) in [6.45, 7) is 16.8. The van der Waals surface area contributed by atoms with Crippen LogP contribution < -0.4 is 0 Å². The van der Waals surface area contributed by atoms with Crippen LogP contribution >= 0.6 is 0 Å². The van der Waals surface area contributed by atoms with Gasteiger partial charge in [0.25, 0.3) is 0 Å². The molecule has 0 saturated heterocycles. The molecule has 2 rings (SSSR count). The number of hydrogen-bond donors (Lipinski definition) is 0. The van der Waals surface area contributed by atoms with Crippen molar-refractivity contribution in [3.63, 3.8) is 0 Å². The van der Waals surface area contributed by atoms with Gasteiger partial charge in [-0.3, -0.25) is 4.79 Å². The van der Waals surface area contributed by atoms with E-state index in [2.05, 4.69) is 47.7 Å². The van der Waals surface area contributed by atoms with Gasteiger partial charge in [-0.15, -0.1) is 0 Å². The third kappa shape index (κ3) is 5.90. The Morgan fingerprint density at radius 2 is 1.85 bits per heavy atom. The van der Waals surface area contributed by atoms with E-state index in [1.54, 1.807) is 0 Å². The highest BCUT2D eigenvalue weighted by atomic mass is 28.4. The molecule has 3 nitrogen and oxygen atoms in total. The van der Waals surface area contributed by atoms with Gasteiger partial charge in [-0.2, -0.15) is 0 Å². The van der Waals surface area contributed by atoms with Crippen molar-refractivity contribution in [2.75, 3.05) is 6.61 Å². The number of carbonyl (C=O) groups is 1. The van der Waals surface area contributed by atoms with E-state index < -0.39 is 8.32 Å². The van der Waals surface area contributed by atoms with E-state index in [0.29, 0.717) is 11.9 Å². The first-order valence-electron chi connectivity index (χ1n) is 10.7. The van der Waals surface area contributed by atoms with Crippen LogP contribution in [0.5, 0.6) is 0 Å². The third-order valence-electron chi connectivity index (χ3n) is 7.01. The van der Waals surface area contributed by atoms with Gasteiger partial charge < -0.3 is 9.16 Å². The third-order valence-corrected chi connectivity index (χ3v) is 11.7. The first-order chi connectivity index (χ1) is 11.8. The molecule has 2 saturated carbocycles. The standard InChI is InChI=1S/C22H42O3Si/c1-20(2,3)26(6,7)25-21(4,5)12-9-15-24-19-11-14-22(17-19)13-8-10-18(23)16-22/h19H,8-17H2,1-7H3/t19-,22+/m1/s1. The molecule has 0 radical (unpaired) electrons. The summed E-state index contributed by atoms with van der Waals surface area (Å²) in [6.07, 6.45) is 9.79. The summed E-state index contributed by atoms with van der Waals surface area (Å²) in [4.78, 5) is 11.8. The Bertz CT molecular complexity index is 492. The lowest BCUT2D eigenvalue weighted by Crippen LogP contribution is -2.47. The minimum atomic E-state index is -1.73. The molecule has 0 heterocycles. The second kappa shape index (κ2) is 8.04. The zero-order valence-corrected chi connectivity index (χ0v) is 19.4. The molecular formula is C22H42O3Si. The number of Topliss-reactive ketones (excluding diaryl/α,β-unsaturated/α-hetero) is 1. The number of rotatable bonds is 7. The van der Waals surface area contributed by atoms with E-state index >= 15 is 0 Å². The molecule has 0 aliphatic heterocycles.